The van der Waals surface area contributed by atoms with Gasteiger partial charge in [0.05, 0.1) is 17.2 Å². The van der Waals surface area contributed by atoms with Crippen molar-refractivity contribution >= 4 is 11.8 Å². The van der Waals surface area contributed by atoms with E-state index in [1.165, 1.54) is 0 Å². The quantitative estimate of drug-likeness (QED) is 0.677. The molecule has 3 atom stereocenters. The van der Waals surface area contributed by atoms with Crippen molar-refractivity contribution in [2.75, 3.05) is 0 Å². The van der Waals surface area contributed by atoms with Gasteiger partial charge in [-0.15, -0.1) is 0 Å². The summed E-state index contributed by atoms with van der Waals surface area (Å²) in [4.78, 5) is 30.1. The van der Waals surface area contributed by atoms with Crippen LogP contribution in [0, 0.1) is 24.7 Å². The van der Waals surface area contributed by atoms with Gasteiger partial charge in [0.25, 0.3) is 0 Å². The summed E-state index contributed by atoms with van der Waals surface area (Å²) in [7, 11) is 0. The Labute approximate surface area is 147 Å². The standard InChI is InChI=1S/C21H21NO3/c1-12-3-5-16(6-4-12)21(24)25-22-20-13(2)11-17(23)18-14-7-9-15(10-8-14)19(18)20/h3-7,9,11,14-15,18,22H,8,10H2,1-2H3/t14-,15-,18-/m1/s1. The Kier molecular flexibility index (Phi) is 3.83. The molecule has 0 amide bonds. The van der Waals surface area contributed by atoms with Crippen molar-refractivity contribution < 1.29 is 14.4 Å². The molecule has 25 heavy (non-hydrogen) atoms. The maximum absolute atomic E-state index is 12.5. The van der Waals surface area contributed by atoms with E-state index in [4.69, 9.17) is 4.84 Å². The van der Waals surface area contributed by atoms with E-state index in [1.807, 2.05) is 26.0 Å². The van der Waals surface area contributed by atoms with Gasteiger partial charge in [0.15, 0.2) is 5.78 Å². The van der Waals surface area contributed by atoms with Crippen LogP contribution in [-0.4, -0.2) is 11.8 Å². The zero-order valence-corrected chi connectivity index (χ0v) is 14.4. The molecule has 4 heteroatoms. The molecule has 5 rings (SSSR count). The second-order valence-corrected chi connectivity index (χ2v) is 7.13. The summed E-state index contributed by atoms with van der Waals surface area (Å²) in [6, 6.07) is 7.25. The molecule has 1 aromatic carbocycles. The lowest BCUT2D eigenvalue weighted by Gasteiger charge is -2.42. The van der Waals surface area contributed by atoms with Crippen LogP contribution in [0.25, 0.3) is 0 Å². The van der Waals surface area contributed by atoms with Crippen LogP contribution >= 0.6 is 0 Å². The number of rotatable bonds is 3. The SMILES string of the molecule is CC1=CC(=O)[C@@H]2C(=C1NOC(=O)c1ccc(C)cc1)[C@@H]1C=C[C@@H]2CC1. The van der Waals surface area contributed by atoms with Gasteiger partial charge in [0.1, 0.15) is 0 Å². The van der Waals surface area contributed by atoms with Gasteiger partial charge in [-0.25, -0.2) is 10.3 Å². The molecule has 0 radical (unpaired) electrons. The number of hydroxylamine groups is 1. The summed E-state index contributed by atoms with van der Waals surface area (Å²) in [6.45, 7) is 3.86. The number of hydrogen-bond donors (Lipinski definition) is 1. The zero-order chi connectivity index (χ0) is 17.6. The predicted octanol–water partition coefficient (Wildman–Crippen LogP) is 3.65. The van der Waals surface area contributed by atoms with Gasteiger partial charge >= 0.3 is 5.97 Å². The summed E-state index contributed by atoms with van der Waals surface area (Å²) >= 11 is 0. The van der Waals surface area contributed by atoms with Crippen molar-refractivity contribution in [3.05, 3.63) is 70.5 Å². The van der Waals surface area contributed by atoms with Crippen LogP contribution in [0.5, 0.6) is 0 Å². The lowest BCUT2D eigenvalue weighted by molar-refractivity contribution is -0.119. The zero-order valence-electron chi connectivity index (χ0n) is 14.4. The molecule has 0 unspecified atom stereocenters. The molecule has 1 saturated carbocycles. The van der Waals surface area contributed by atoms with E-state index in [0.29, 0.717) is 5.56 Å². The lowest BCUT2D eigenvalue weighted by Crippen LogP contribution is -2.40. The fourth-order valence-electron chi connectivity index (χ4n) is 4.13. The molecule has 0 heterocycles. The molecule has 1 fully saturated rings. The van der Waals surface area contributed by atoms with Crippen molar-refractivity contribution in [3.63, 3.8) is 0 Å². The second kappa shape index (κ2) is 6.03. The summed E-state index contributed by atoms with van der Waals surface area (Å²) < 4.78 is 0. The van der Waals surface area contributed by atoms with Gasteiger partial charge < -0.3 is 4.84 Å². The molecule has 4 aliphatic carbocycles. The molecule has 1 aromatic rings. The molecule has 0 aliphatic heterocycles. The summed E-state index contributed by atoms with van der Waals surface area (Å²) in [6.07, 6.45) is 8.12. The highest BCUT2D eigenvalue weighted by atomic mass is 16.7. The largest absolute Gasteiger partial charge is 0.362 e. The van der Waals surface area contributed by atoms with Crippen molar-refractivity contribution in [2.45, 2.75) is 26.7 Å². The smallest absolute Gasteiger partial charge is 0.338 e. The summed E-state index contributed by atoms with van der Waals surface area (Å²) in [5.41, 5.74) is 7.16. The second-order valence-electron chi connectivity index (χ2n) is 7.13. The van der Waals surface area contributed by atoms with Gasteiger partial charge in [-0.3, -0.25) is 4.79 Å². The third-order valence-electron chi connectivity index (χ3n) is 5.45. The lowest BCUT2D eigenvalue weighted by atomic mass is 9.62. The Morgan fingerprint density at radius 1 is 1.12 bits per heavy atom. The van der Waals surface area contributed by atoms with Gasteiger partial charge in [-0.2, -0.15) is 0 Å². The molecular weight excluding hydrogens is 314 g/mol. The third kappa shape index (κ3) is 2.72. The van der Waals surface area contributed by atoms with Gasteiger partial charge in [0.2, 0.25) is 0 Å². The monoisotopic (exact) mass is 335 g/mol. The van der Waals surface area contributed by atoms with Crippen molar-refractivity contribution in [1.29, 1.82) is 0 Å². The van der Waals surface area contributed by atoms with Crippen LogP contribution in [-0.2, 0) is 9.63 Å². The highest BCUT2D eigenvalue weighted by Crippen LogP contribution is 2.48. The Morgan fingerprint density at radius 2 is 1.88 bits per heavy atom. The fraction of sp³-hybridized carbons (Fsp3) is 0.333. The first-order chi connectivity index (χ1) is 12.0. The molecular formula is C21H21NO3. The van der Waals surface area contributed by atoms with Crippen LogP contribution in [0.3, 0.4) is 0 Å². The minimum atomic E-state index is -0.425. The van der Waals surface area contributed by atoms with E-state index in [9.17, 15) is 9.59 Å². The highest BCUT2D eigenvalue weighted by molar-refractivity contribution is 5.98. The minimum Gasteiger partial charge on any atom is -0.338 e. The van der Waals surface area contributed by atoms with Crippen molar-refractivity contribution in [1.82, 2.24) is 5.48 Å². The van der Waals surface area contributed by atoms with Crippen LogP contribution < -0.4 is 5.48 Å². The van der Waals surface area contributed by atoms with Crippen LogP contribution in [0.2, 0.25) is 0 Å². The average Bonchev–Trinajstić information content (AvgIpc) is 2.62. The molecule has 4 nitrogen and oxygen atoms in total. The Bertz CT molecular complexity index is 829. The third-order valence-corrected chi connectivity index (χ3v) is 5.45. The van der Waals surface area contributed by atoms with Crippen LogP contribution in [0.4, 0.5) is 0 Å². The summed E-state index contributed by atoms with van der Waals surface area (Å²) in [5, 5.41) is 0. The highest BCUT2D eigenvalue weighted by Gasteiger charge is 2.43. The molecule has 0 saturated heterocycles. The van der Waals surface area contributed by atoms with Crippen molar-refractivity contribution in [3.8, 4) is 0 Å². The molecule has 2 bridgehead atoms. The molecule has 0 aromatic heterocycles. The van der Waals surface area contributed by atoms with E-state index in [-0.39, 0.29) is 23.5 Å². The number of allylic oxidation sites excluding steroid dienone is 5. The molecule has 0 spiro atoms. The van der Waals surface area contributed by atoms with E-state index < -0.39 is 5.97 Å². The first kappa shape index (κ1) is 15.9. The van der Waals surface area contributed by atoms with Crippen LogP contribution in [0.15, 0.2) is 59.3 Å². The van der Waals surface area contributed by atoms with Crippen LogP contribution in [0.1, 0.15) is 35.7 Å². The number of nitrogens with one attached hydrogen (secondary N) is 1. The summed E-state index contributed by atoms with van der Waals surface area (Å²) in [5.74, 6) is 0.158. The number of benzene rings is 1. The first-order valence-electron chi connectivity index (χ1n) is 8.73. The number of carbonyl (C=O) groups excluding carboxylic acids is 2. The van der Waals surface area contributed by atoms with Crippen molar-refractivity contribution in [2.24, 2.45) is 17.8 Å². The van der Waals surface area contributed by atoms with Gasteiger partial charge in [-0.05, 0) is 62.0 Å². The predicted molar refractivity (Wildman–Crippen MR) is 94.4 cm³/mol. The average molecular weight is 335 g/mol. The van der Waals surface area contributed by atoms with E-state index in [2.05, 4.69) is 17.6 Å². The Morgan fingerprint density at radius 3 is 2.56 bits per heavy atom. The fourth-order valence-corrected chi connectivity index (χ4v) is 4.13. The molecule has 1 N–H and O–H groups in total. The maximum Gasteiger partial charge on any atom is 0.362 e. The van der Waals surface area contributed by atoms with E-state index in [0.717, 1.165) is 35.2 Å². The number of carbonyl (C=O) groups is 2. The van der Waals surface area contributed by atoms with E-state index in [1.54, 1.807) is 18.2 Å². The Hall–Kier alpha value is -2.62. The number of ketones is 1. The molecule has 128 valence electrons. The number of aryl methyl sites for hydroxylation is 1. The Balaban J connectivity index is 1.59. The van der Waals surface area contributed by atoms with Gasteiger partial charge in [0, 0.05) is 5.92 Å². The normalized spacial score (nSPS) is 27.0. The maximum atomic E-state index is 12.5. The minimum absolute atomic E-state index is 0.104. The van der Waals surface area contributed by atoms with E-state index >= 15 is 0 Å². The molecule has 4 aliphatic rings. The van der Waals surface area contributed by atoms with Gasteiger partial charge in [-0.1, -0.05) is 29.8 Å². The number of hydrogen-bond acceptors (Lipinski definition) is 4. The first-order valence-corrected chi connectivity index (χ1v) is 8.73. The topological polar surface area (TPSA) is 55.4 Å². The number of fused-ring (bicyclic) bond motifs is 1.